The van der Waals surface area contributed by atoms with Crippen LogP contribution in [0, 0.1) is 5.82 Å². The van der Waals surface area contributed by atoms with Crippen LogP contribution in [-0.4, -0.2) is 17.7 Å². The maximum Gasteiger partial charge on any atom is 0.360 e. The molecular formula is C14H14FNO4. The lowest BCUT2D eigenvalue weighted by Crippen LogP contribution is -2.04. The van der Waals surface area contributed by atoms with Gasteiger partial charge in [0.05, 0.1) is 13.2 Å². The highest BCUT2D eigenvalue weighted by molar-refractivity contribution is 5.87. The van der Waals surface area contributed by atoms with Gasteiger partial charge in [-0.15, -0.1) is 0 Å². The largest absolute Gasteiger partial charge is 0.461 e. The highest BCUT2D eigenvalue weighted by atomic mass is 19.1. The Morgan fingerprint density at radius 2 is 2.05 bits per heavy atom. The minimum absolute atomic E-state index is 0.118. The summed E-state index contributed by atoms with van der Waals surface area (Å²) in [6.07, 6.45) is 0. The normalized spacial score (nSPS) is 10.5. The van der Waals surface area contributed by atoms with Gasteiger partial charge in [-0.25, -0.2) is 9.18 Å². The average Bonchev–Trinajstić information content (AvgIpc) is 2.90. The van der Waals surface area contributed by atoms with Crippen LogP contribution < -0.4 is 0 Å². The Morgan fingerprint density at radius 1 is 1.30 bits per heavy atom. The van der Waals surface area contributed by atoms with E-state index in [1.807, 2.05) is 0 Å². The summed E-state index contributed by atoms with van der Waals surface area (Å²) < 4.78 is 27.8. The lowest BCUT2D eigenvalue weighted by atomic mass is 10.2. The van der Waals surface area contributed by atoms with E-state index in [0.29, 0.717) is 12.4 Å². The molecule has 0 aliphatic heterocycles. The van der Waals surface area contributed by atoms with Crippen molar-refractivity contribution in [3.8, 4) is 0 Å². The summed E-state index contributed by atoms with van der Waals surface area (Å²) >= 11 is 0. The van der Waals surface area contributed by atoms with Gasteiger partial charge in [0.1, 0.15) is 12.4 Å². The fraction of sp³-hybridized carbons (Fsp3) is 0.286. The lowest BCUT2D eigenvalue weighted by molar-refractivity contribution is 0.0513. The Hall–Kier alpha value is -2.21. The second-order valence-electron chi connectivity index (χ2n) is 4.02. The van der Waals surface area contributed by atoms with Gasteiger partial charge in [-0.1, -0.05) is 17.3 Å². The first-order valence-electron chi connectivity index (χ1n) is 6.14. The van der Waals surface area contributed by atoms with Gasteiger partial charge in [0.2, 0.25) is 0 Å². The van der Waals surface area contributed by atoms with E-state index < -0.39 is 5.97 Å². The summed E-state index contributed by atoms with van der Waals surface area (Å²) in [5.41, 5.74) is 0.962. The molecule has 0 fully saturated rings. The number of hydrogen-bond acceptors (Lipinski definition) is 5. The van der Waals surface area contributed by atoms with E-state index in [0.717, 1.165) is 5.56 Å². The Bertz CT molecular complexity index is 565. The molecule has 1 aromatic heterocycles. The number of halogens is 1. The van der Waals surface area contributed by atoms with Gasteiger partial charge in [0.15, 0.2) is 11.5 Å². The van der Waals surface area contributed by atoms with Crippen LogP contribution >= 0.6 is 0 Å². The molecule has 0 aliphatic carbocycles. The van der Waals surface area contributed by atoms with Crippen molar-refractivity contribution in [1.29, 1.82) is 0 Å². The van der Waals surface area contributed by atoms with Crippen LogP contribution in [0.1, 0.15) is 28.7 Å². The minimum Gasteiger partial charge on any atom is -0.461 e. The van der Waals surface area contributed by atoms with E-state index in [1.165, 1.54) is 18.2 Å². The molecular weight excluding hydrogens is 265 g/mol. The molecule has 0 saturated carbocycles. The fourth-order valence-corrected chi connectivity index (χ4v) is 1.53. The van der Waals surface area contributed by atoms with E-state index in [1.54, 1.807) is 19.1 Å². The topological polar surface area (TPSA) is 61.6 Å². The Morgan fingerprint density at radius 3 is 2.75 bits per heavy atom. The zero-order valence-electron chi connectivity index (χ0n) is 11.0. The van der Waals surface area contributed by atoms with Crippen molar-refractivity contribution in [2.45, 2.75) is 20.1 Å². The van der Waals surface area contributed by atoms with Gasteiger partial charge in [-0.3, -0.25) is 0 Å². The maximum atomic E-state index is 12.7. The van der Waals surface area contributed by atoms with Gasteiger partial charge in [0.25, 0.3) is 0 Å². The van der Waals surface area contributed by atoms with Crippen LogP contribution in [0.15, 0.2) is 34.9 Å². The molecule has 0 N–H and O–H groups in total. The van der Waals surface area contributed by atoms with Gasteiger partial charge in [-0.2, -0.15) is 0 Å². The Balaban J connectivity index is 1.82. The predicted octanol–water partition coefficient (Wildman–Crippen LogP) is 2.71. The van der Waals surface area contributed by atoms with Crippen molar-refractivity contribution in [1.82, 2.24) is 5.16 Å². The number of benzene rings is 1. The third-order valence-electron chi connectivity index (χ3n) is 2.47. The van der Waals surface area contributed by atoms with E-state index in [-0.39, 0.29) is 24.7 Å². The molecule has 0 amide bonds. The summed E-state index contributed by atoms with van der Waals surface area (Å²) in [4.78, 5) is 11.4. The van der Waals surface area contributed by atoms with Crippen LogP contribution in [-0.2, 0) is 22.7 Å². The molecule has 1 aromatic carbocycles. The molecule has 6 heteroatoms. The number of rotatable bonds is 6. The van der Waals surface area contributed by atoms with Crippen molar-refractivity contribution in [3.63, 3.8) is 0 Å². The summed E-state index contributed by atoms with van der Waals surface area (Å²) in [7, 11) is 0. The molecule has 1 heterocycles. The third-order valence-corrected chi connectivity index (χ3v) is 2.47. The van der Waals surface area contributed by atoms with Gasteiger partial charge in [0, 0.05) is 6.07 Å². The smallest absolute Gasteiger partial charge is 0.360 e. The average molecular weight is 279 g/mol. The number of carbonyl (C=O) groups is 1. The molecule has 0 spiro atoms. The number of carbonyl (C=O) groups excluding carboxylic acids is 1. The fourth-order valence-electron chi connectivity index (χ4n) is 1.53. The van der Waals surface area contributed by atoms with Crippen LogP contribution in [0.2, 0.25) is 0 Å². The highest BCUT2D eigenvalue weighted by Gasteiger charge is 2.13. The molecule has 2 rings (SSSR count). The van der Waals surface area contributed by atoms with E-state index in [4.69, 9.17) is 14.0 Å². The molecule has 0 atom stereocenters. The first-order chi connectivity index (χ1) is 9.69. The molecule has 5 nitrogen and oxygen atoms in total. The van der Waals surface area contributed by atoms with Gasteiger partial charge in [-0.05, 0) is 24.6 Å². The molecule has 0 radical (unpaired) electrons. The van der Waals surface area contributed by atoms with Crippen LogP contribution in [0.5, 0.6) is 0 Å². The first-order valence-corrected chi connectivity index (χ1v) is 6.14. The molecule has 0 unspecified atom stereocenters. The molecule has 106 valence electrons. The van der Waals surface area contributed by atoms with Crippen molar-refractivity contribution in [3.05, 3.63) is 53.2 Å². The van der Waals surface area contributed by atoms with Gasteiger partial charge >= 0.3 is 5.97 Å². The SMILES string of the molecule is CCOC(=O)c1cc(COCc2ccc(F)cc2)on1. The number of esters is 1. The van der Waals surface area contributed by atoms with Crippen molar-refractivity contribution >= 4 is 5.97 Å². The van der Waals surface area contributed by atoms with Crippen molar-refractivity contribution in [2.75, 3.05) is 6.61 Å². The quantitative estimate of drug-likeness (QED) is 0.761. The zero-order valence-corrected chi connectivity index (χ0v) is 11.0. The van der Waals surface area contributed by atoms with E-state index in [9.17, 15) is 9.18 Å². The molecule has 20 heavy (non-hydrogen) atoms. The van der Waals surface area contributed by atoms with Gasteiger partial charge < -0.3 is 14.0 Å². The minimum atomic E-state index is -0.527. The van der Waals surface area contributed by atoms with Crippen LogP contribution in [0.4, 0.5) is 4.39 Å². The lowest BCUT2D eigenvalue weighted by Gasteiger charge is -2.01. The standard InChI is InChI=1S/C14H14FNO4/c1-2-19-14(17)13-7-12(20-16-13)9-18-8-10-3-5-11(15)6-4-10/h3-7H,2,8-9H2,1H3. The number of ether oxygens (including phenoxy) is 2. The predicted molar refractivity (Wildman–Crippen MR) is 67.4 cm³/mol. The Kier molecular flexibility index (Phi) is 4.84. The summed E-state index contributed by atoms with van der Waals surface area (Å²) in [5, 5.41) is 3.59. The van der Waals surface area contributed by atoms with E-state index >= 15 is 0 Å². The van der Waals surface area contributed by atoms with E-state index in [2.05, 4.69) is 5.16 Å². The number of aromatic nitrogens is 1. The highest BCUT2D eigenvalue weighted by Crippen LogP contribution is 2.09. The first kappa shape index (κ1) is 14.2. The monoisotopic (exact) mass is 279 g/mol. The summed E-state index contributed by atoms with van der Waals surface area (Å²) in [6.45, 7) is 2.48. The van der Waals surface area contributed by atoms with Crippen LogP contribution in [0.3, 0.4) is 0 Å². The second-order valence-corrected chi connectivity index (χ2v) is 4.02. The number of nitrogens with zero attached hydrogens (tertiary/aromatic N) is 1. The van der Waals surface area contributed by atoms with Crippen molar-refractivity contribution < 1.29 is 23.2 Å². The van der Waals surface area contributed by atoms with Crippen molar-refractivity contribution in [2.24, 2.45) is 0 Å². The second kappa shape index (κ2) is 6.81. The zero-order chi connectivity index (χ0) is 14.4. The summed E-state index contributed by atoms with van der Waals surface area (Å²) in [5.74, 6) is -0.390. The third kappa shape index (κ3) is 3.89. The summed E-state index contributed by atoms with van der Waals surface area (Å²) in [6, 6.07) is 7.49. The molecule has 0 saturated heterocycles. The maximum absolute atomic E-state index is 12.7. The Labute approximate surface area is 115 Å². The number of hydrogen-bond donors (Lipinski definition) is 0. The molecule has 2 aromatic rings. The van der Waals surface area contributed by atoms with Crippen LogP contribution in [0.25, 0.3) is 0 Å². The molecule has 0 bridgehead atoms. The molecule has 0 aliphatic rings.